The van der Waals surface area contributed by atoms with Crippen LogP contribution in [0, 0.1) is 0 Å². The van der Waals surface area contributed by atoms with Gasteiger partial charge in [-0.2, -0.15) is 0 Å². The van der Waals surface area contributed by atoms with E-state index < -0.39 is 0 Å². The molecule has 0 unspecified atom stereocenters. The molecule has 0 heterocycles. The summed E-state index contributed by atoms with van der Waals surface area (Å²) in [5.74, 6) is 0.0441. The van der Waals surface area contributed by atoms with E-state index in [0.717, 1.165) is 4.46 Å². The van der Waals surface area contributed by atoms with Gasteiger partial charge in [0.15, 0.2) is 0 Å². The van der Waals surface area contributed by atoms with Crippen LogP contribution in [0.3, 0.4) is 0 Å². The summed E-state index contributed by atoms with van der Waals surface area (Å²) >= 11 is 0.173. The van der Waals surface area contributed by atoms with Crippen LogP contribution in [0.4, 0.5) is 0 Å². The van der Waals surface area contributed by atoms with Crippen molar-refractivity contribution in [3.05, 3.63) is 54.1 Å². The van der Waals surface area contributed by atoms with E-state index in [4.69, 9.17) is 0 Å². The third-order valence-electron chi connectivity index (χ3n) is 2.10. The van der Waals surface area contributed by atoms with Gasteiger partial charge in [0.25, 0.3) is 0 Å². The summed E-state index contributed by atoms with van der Waals surface area (Å²) in [6, 6.07) is 15.3. The first-order valence-electron chi connectivity index (χ1n) is 4.80. The van der Waals surface area contributed by atoms with Crippen LogP contribution >= 0.6 is 0 Å². The molecule has 1 N–H and O–H groups in total. The van der Waals surface area contributed by atoms with Gasteiger partial charge in [-0.1, -0.05) is 0 Å². The number of benzene rings is 2. The van der Waals surface area contributed by atoms with Gasteiger partial charge in [-0.05, 0) is 0 Å². The first-order valence-corrected chi connectivity index (χ1v) is 6.52. The van der Waals surface area contributed by atoms with Crippen LogP contribution in [0.1, 0.15) is 10.4 Å². The standard InChI is InChI=1S/C13H10O2Se/c14-9-10-8-12(6-7-13(10)15)16-11-4-2-1-3-5-11/h1-9,15H. The first-order chi connectivity index (χ1) is 7.79. The number of aldehydes is 1. The zero-order valence-electron chi connectivity index (χ0n) is 8.46. The summed E-state index contributed by atoms with van der Waals surface area (Å²) in [6.45, 7) is 0. The molecule has 0 radical (unpaired) electrons. The monoisotopic (exact) mass is 278 g/mol. The number of carbonyl (C=O) groups is 1. The number of hydrogen-bond donors (Lipinski definition) is 1. The molecule has 2 rings (SSSR count). The number of hydrogen-bond acceptors (Lipinski definition) is 2. The van der Waals surface area contributed by atoms with Gasteiger partial charge in [0.05, 0.1) is 0 Å². The SMILES string of the molecule is O=Cc1cc([Se]c2ccccc2)ccc1O. The Balaban J connectivity index is 2.26. The Bertz CT molecular complexity index is 495. The Morgan fingerprint density at radius 2 is 1.75 bits per heavy atom. The average Bonchev–Trinajstić information content (AvgIpc) is 2.33. The molecule has 2 nitrogen and oxygen atoms in total. The van der Waals surface area contributed by atoms with Crippen molar-refractivity contribution in [2.45, 2.75) is 0 Å². The molecule has 0 saturated carbocycles. The Labute approximate surface area is 100 Å². The van der Waals surface area contributed by atoms with E-state index in [1.165, 1.54) is 4.46 Å². The van der Waals surface area contributed by atoms with E-state index in [9.17, 15) is 9.90 Å². The molecular formula is C13H10O2Se. The molecule has 2 aromatic rings. The van der Waals surface area contributed by atoms with E-state index in [0.29, 0.717) is 11.8 Å². The number of carbonyl (C=O) groups excluding carboxylic acids is 1. The maximum atomic E-state index is 10.7. The molecular weight excluding hydrogens is 267 g/mol. The number of rotatable bonds is 3. The Kier molecular flexibility index (Phi) is 3.40. The Morgan fingerprint density at radius 3 is 2.44 bits per heavy atom. The quantitative estimate of drug-likeness (QED) is 0.667. The van der Waals surface area contributed by atoms with Crippen molar-refractivity contribution in [3.8, 4) is 5.75 Å². The van der Waals surface area contributed by atoms with Gasteiger partial charge in [0, 0.05) is 0 Å². The van der Waals surface area contributed by atoms with Crippen LogP contribution in [-0.2, 0) is 0 Å². The van der Waals surface area contributed by atoms with Gasteiger partial charge in [-0.3, -0.25) is 0 Å². The summed E-state index contributed by atoms with van der Waals surface area (Å²) in [6.07, 6.45) is 0.680. The predicted molar refractivity (Wildman–Crippen MR) is 65.0 cm³/mol. The number of aromatic hydroxyl groups is 1. The second-order valence-electron chi connectivity index (χ2n) is 3.25. The van der Waals surface area contributed by atoms with Crippen molar-refractivity contribution in [2.75, 3.05) is 0 Å². The topological polar surface area (TPSA) is 37.3 Å². The predicted octanol–water partition coefficient (Wildman–Crippen LogP) is 0.860. The second-order valence-corrected chi connectivity index (χ2v) is 5.66. The Morgan fingerprint density at radius 1 is 1.00 bits per heavy atom. The fourth-order valence-corrected chi connectivity index (χ4v) is 3.18. The van der Waals surface area contributed by atoms with E-state index in [2.05, 4.69) is 12.1 Å². The molecule has 0 bridgehead atoms. The van der Waals surface area contributed by atoms with Crippen molar-refractivity contribution < 1.29 is 9.90 Å². The van der Waals surface area contributed by atoms with Gasteiger partial charge < -0.3 is 0 Å². The normalized spacial score (nSPS) is 10.0. The van der Waals surface area contributed by atoms with E-state index in [1.54, 1.807) is 12.1 Å². The zero-order chi connectivity index (χ0) is 11.4. The Hall–Kier alpha value is -1.57. The first kappa shape index (κ1) is 10.9. The molecule has 2 aromatic carbocycles. The molecule has 80 valence electrons. The molecule has 3 heteroatoms. The summed E-state index contributed by atoms with van der Waals surface area (Å²) in [5.41, 5.74) is 0.357. The van der Waals surface area contributed by atoms with E-state index in [-0.39, 0.29) is 20.7 Å². The number of phenolic OH excluding ortho intramolecular Hbond substituents is 1. The van der Waals surface area contributed by atoms with Gasteiger partial charge >= 0.3 is 99.9 Å². The molecule has 0 amide bonds. The van der Waals surface area contributed by atoms with E-state index >= 15 is 0 Å². The molecule has 16 heavy (non-hydrogen) atoms. The molecule has 0 saturated heterocycles. The van der Waals surface area contributed by atoms with Crippen molar-refractivity contribution in [1.82, 2.24) is 0 Å². The van der Waals surface area contributed by atoms with Gasteiger partial charge in [-0.25, -0.2) is 0 Å². The molecule has 0 atom stereocenters. The molecule has 0 aliphatic heterocycles. The third kappa shape index (κ3) is 2.51. The second kappa shape index (κ2) is 4.97. The molecule has 0 fully saturated rings. The van der Waals surface area contributed by atoms with Gasteiger partial charge in [0.2, 0.25) is 0 Å². The van der Waals surface area contributed by atoms with Crippen molar-refractivity contribution in [3.63, 3.8) is 0 Å². The van der Waals surface area contributed by atoms with Crippen LogP contribution in [0.15, 0.2) is 48.5 Å². The van der Waals surface area contributed by atoms with Crippen LogP contribution in [0.5, 0.6) is 5.75 Å². The molecule has 0 aromatic heterocycles. The van der Waals surface area contributed by atoms with Gasteiger partial charge in [0.1, 0.15) is 0 Å². The molecule has 0 aliphatic carbocycles. The summed E-state index contributed by atoms with van der Waals surface area (Å²) in [5, 5.41) is 9.38. The maximum absolute atomic E-state index is 10.7. The molecule has 0 spiro atoms. The van der Waals surface area contributed by atoms with Crippen LogP contribution in [0.25, 0.3) is 0 Å². The summed E-state index contributed by atoms with van der Waals surface area (Å²) in [4.78, 5) is 10.7. The molecule has 0 aliphatic rings. The van der Waals surface area contributed by atoms with Crippen molar-refractivity contribution in [1.29, 1.82) is 0 Å². The minimum absolute atomic E-state index is 0.0441. The fraction of sp³-hybridized carbons (Fsp3) is 0. The summed E-state index contributed by atoms with van der Waals surface area (Å²) < 4.78 is 2.33. The number of phenols is 1. The van der Waals surface area contributed by atoms with Crippen molar-refractivity contribution in [2.24, 2.45) is 0 Å². The third-order valence-corrected chi connectivity index (χ3v) is 4.20. The van der Waals surface area contributed by atoms with Gasteiger partial charge in [-0.15, -0.1) is 0 Å². The van der Waals surface area contributed by atoms with E-state index in [1.807, 2.05) is 24.3 Å². The van der Waals surface area contributed by atoms with Crippen LogP contribution in [0.2, 0.25) is 0 Å². The zero-order valence-corrected chi connectivity index (χ0v) is 10.2. The van der Waals surface area contributed by atoms with Crippen LogP contribution in [-0.4, -0.2) is 26.3 Å². The van der Waals surface area contributed by atoms with Crippen molar-refractivity contribution >= 4 is 30.2 Å². The van der Waals surface area contributed by atoms with Crippen LogP contribution < -0.4 is 8.92 Å². The summed E-state index contributed by atoms with van der Waals surface area (Å²) in [7, 11) is 0. The fourth-order valence-electron chi connectivity index (χ4n) is 1.32. The minimum atomic E-state index is 0.0441. The average molecular weight is 277 g/mol.